The van der Waals surface area contributed by atoms with Gasteiger partial charge in [0.25, 0.3) is 0 Å². The average Bonchev–Trinajstić information content (AvgIpc) is 2.83. The number of carbonyl (C=O) groups is 1. The zero-order valence-electron chi connectivity index (χ0n) is 8.97. The normalized spacial score (nSPS) is 37.2. The number of rotatable bonds is 1. The summed E-state index contributed by atoms with van der Waals surface area (Å²) < 4.78 is 5.30. The Kier molecular flexibility index (Phi) is 2.02. The summed E-state index contributed by atoms with van der Waals surface area (Å²) in [5, 5.41) is 0. The van der Waals surface area contributed by atoms with Gasteiger partial charge in [0.05, 0.1) is 12.5 Å². The topological polar surface area (TPSA) is 47.6 Å². The Labute approximate surface area is 93.5 Å². The standard InChI is InChI=1S/C12H13NO3/c1-8-10-7-15-13-12(10,11(14)16-8)9-5-3-2-4-6-9/h2-6,8,10,13H,7H2,1H3. The molecule has 1 aromatic carbocycles. The fourth-order valence-corrected chi connectivity index (χ4v) is 2.56. The fourth-order valence-electron chi connectivity index (χ4n) is 2.56. The summed E-state index contributed by atoms with van der Waals surface area (Å²) in [6, 6.07) is 9.60. The van der Waals surface area contributed by atoms with Crippen molar-refractivity contribution < 1.29 is 14.4 Å². The van der Waals surface area contributed by atoms with Crippen LogP contribution in [0.4, 0.5) is 0 Å². The Bertz CT molecular complexity index is 420. The second-order valence-electron chi connectivity index (χ2n) is 4.30. The van der Waals surface area contributed by atoms with Crippen LogP contribution in [0.3, 0.4) is 0 Å². The van der Waals surface area contributed by atoms with E-state index in [-0.39, 0.29) is 18.0 Å². The first-order chi connectivity index (χ1) is 7.75. The number of hydrogen-bond donors (Lipinski definition) is 1. The first-order valence-corrected chi connectivity index (χ1v) is 5.41. The van der Waals surface area contributed by atoms with Gasteiger partial charge < -0.3 is 4.74 Å². The average molecular weight is 219 g/mol. The molecule has 2 fully saturated rings. The van der Waals surface area contributed by atoms with E-state index in [1.54, 1.807) is 0 Å². The van der Waals surface area contributed by atoms with E-state index in [4.69, 9.17) is 9.57 Å². The molecule has 2 heterocycles. The molecule has 0 aliphatic carbocycles. The quantitative estimate of drug-likeness (QED) is 0.715. The summed E-state index contributed by atoms with van der Waals surface area (Å²) in [6.45, 7) is 2.41. The van der Waals surface area contributed by atoms with Gasteiger partial charge >= 0.3 is 5.97 Å². The van der Waals surface area contributed by atoms with E-state index in [1.807, 2.05) is 37.3 Å². The van der Waals surface area contributed by atoms with Crippen LogP contribution in [0.25, 0.3) is 0 Å². The number of ether oxygens (including phenoxy) is 1. The highest BCUT2D eigenvalue weighted by molar-refractivity contribution is 5.85. The third-order valence-electron chi connectivity index (χ3n) is 3.46. The first kappa shape index (κ1) is 9.81. The predicted molar refractivity (Wildman–Crippen MR) is 56.3 cm³/mol. The molecule has 0 amide bonds. The zero-order valence-corrected chi connectivity index (χ0v) is 8.97. The summed E-state index contributed by atoms with van der Waals surface area (Å²) in [6.07, 6.45) is -0.109. The van der Waals surface area contributed by atoms with Crippen molar-refractivity contribution in [1.82, 2.24) is 5.48 Å². The van der Waals surface area contributed by atoms with Crippen LogP contribution in [0, 0.1) is 5.92 Å². The van der Waals surface area contributed by atoms with Gasteiger partial charge in [-0.05, 0) is 12.5 Å². The fraction of sp³-hybridized carbons (Fsp3) is 0.417. The maximum Gasteiger partial charge on any atom is 0.334 e. The lowest BCUT2D eigenvalue weighted by molar-refractivity contribution is -0.150. The lowest BCUT2D eigenvalue weighted by atomic mass is 9.79. The van der Waals surface area contributed by atoms with Crippen molar-refractivity contribution in [3.63, 3.8) is 0 Å². The van der Waals surface area contributed by atoms with Gasteiger partial charge in [-0.25, -0.2) is 4.79 Å². The molecule has 16 heavy (non-hydrogen) atoms. The third kappa shape index (κ3) is 1.08. The van der Waals surface area contributed by atoms with Crippen LogP contribution in [0.1, 0.15) is 12.5 Å². The molecule has 2 aliphatic rings. The largest absolute Gasteiger partial charge is 0.460 e. The zero-order chi connectivity index (χ0) is 11.2. The number of fused-ring (bicyclic) bond motifs is 1. The Morgan fingerprint density at radius 2 is 2.12 bits per heavy atom. The number of hydroxylamine groups is 1. The van der Waals surface area contributed by atoms with Crippen LogP contribution in [0.15, 0.2) is 30.3 Å². The highest BCUT2D eigenvalue weighted by Crippen LogP contribution is 2.43. The van der Waals surface area contributed by atoms with Crippen molar-refractivity contribution >= 4 is 5.97 Å². The van der Waals surface area contributed by atoms with Gasteiger partial charge in [0.1, 0.15) is 6.10 Å². The van der Waals surface area contributed by atoms with Gasteiger partial charge in [0.2, 0.25) is 0 Å². The molecule has 84 valence electrons. The number of benzene rings is 1. The van der Waals surface area contributed by atoms with Crippen LogP contribution in [-0.2, 0) is 19.9 Å². The number of cyclic esters (lactones) is 1. The van der Waals surface area contributed by atoms with Crippen molar-refractivity contribution in [3.8, 4) is 0 Å². The smallest absolute Gasteiger partial charge is 0.334 e. The van der Waals surface area contributed by atoms with Crippen molar-refractivity contribution in [2.24, 2.45) is 5.92 Å². The van der Waals surface area contributed by atoms with Crippen molar-refractivity contribution in [2.45, 2.75) is 18.6 Å². The molecule has 3 unspecified atom stereocenters. The molecule has 0 bridgehead atoms. The third-order valence-corrected chi connectivity index (χ3v) is 3.46. The van der Waals surface area contributed by atoms with Crippen LogP contribution in [-0.4, -0.2) is 18.7 Å². The molecule has 0 radical (unpaired) electrons. The van der Waals surface area contributed by atoms with Crippen LogP contribution < -0.4 is 5.48 Å². The summed E-state index contributed by atoms with van der Waals surface area (Å²) in [4.78, 5) is 17.3. The second-order valence-corrected chi connectivity index (χ2v) is 4.30. The Morgan fingerprint density at radius 3 is 2.88 bits per heavy atom. The minimum atomic E-state index is -0.805. The lowest BCUT2D eigenvalue weighted by Crippen LogP contribution is -2.45. The van der Waals surface area contributed by atoms with Gasteiger partial charge in [-0.15, -0.1) is 0 Å². The Hall–Kier alpha value is -1.39. The molecule has 1 N–H and O–H groups in total. The van der Waals surface area contributed by atoms with Crippen molar-refractivity contribution in [2.75, 3.05) is 6.61 Å². The molecule has 1 aromatic rings. The Morgan fingerprint density at radius 1 is 1.38 bits per heavy atom. The second kappa shape index (κ2) is 3.30. The van der Waals surface area contributed by atoms with Gasteiger partial charge in [-0.1, -0.05) is 30.3 Å². The number of carbonyl (C=O) groups excluding carboxylic acids is 1. The van der Waals surface area contributed by atoms with Crippen molar-refractivity contribution in [1.29, 1.82) is 0 Å². The minimum absolute atomic E-state index is 0.0439. The molecule has 0 aromatic heterocycles. The highest BCUT2D eigenvalue weighted by atomic mass is 16.7. The molecule has 4 nitrogen and oxygen atoms in total. The van der Waals surface area contributed by atoms with E-state index in [9.17, 15) is 4.79 Å². The van der Waals surface area contributed by atoms with E-state index in [0.717, 1.165) is 5.56 Å². The van der Waals surface area contributed by atoms with Gasteiger partial charge in [-0.2, -0.15) is 5.48 Å². The Balaban J connectivity index is 2.12. The van der Waals surface area contributed by atoms with Crippen LogP contribution in [0.2, 0.25) is 0 Å². The number of hydrogen-bond acceptors (Lipinski definition) is 4. The predicted octanol–water partition coefficient (Wildman–Crippen LogP) is 0.978. The van der Waals surface area contributed by atoms with Gasteiger partial charge in [-0.3, -0.25) is 4.84 Å². The summed E-state index contributed by atoms with van der Waals surface area (Å²) in [5.41, 5.74) is 2.96. The summed E-state index contributed by atoms with van der Waals surface area (Å²) in [5.74, 6) is -0.198. The molecule has 2 saturated heterocycles. The number of esters is 1. The van der Waals surface area contributed by atoms with Crippen LogP contribution in [0.5, 0.6) is 0 Å². The van der Waals surface area contributed by atoms with E-state index in [2.05, 4.69) is 5.48 Å². The summed E-state index contributed by atoms with van der Waals surface area (Å²) in [7, 11) is 0. The molecular formula is C12H13NO3. The van der Waals surface area contributed by atoms with E-state index in [1.165, 1.54) is 0 Å². The molecule has 0 spiro atoms. The molecule has 3 atom stereocenters. The lowest BCUT2D eigenvalue weighted by Gasteiger charge is -2.23. The van der Waals surface area contributed by atoms with Gasteiger partial charge in [0, 0.05) is 0 Å². The molecule has 0 saturated carbocycles. The molecule has 4 heteroatoms. The molecule has 3 rings (SSSR count). The minimum Gasteiger partial charge on any atom is -0.460 e. The van der Waals surface area contributed by atoms with Crippen molar-refractivity contribution in [3.05, 3.63) is 35.9 Å². The summed E-state index contributed by atoms with van der Waals surface area (Å²) >= 11 is 0. The van der Waals surface area contributed by atoms with Gasteiger partial charge in [0.15, 0.2) is 5.54 Å². The highest BCUT2D eigenvalue weighted by Gasteiger charge is 2.60. The maximum absolute atomic E-state index is 12.0. The van der Waals surface area contributed by atoms with E-state index >= 15 is 0 Å². The monoisotopic (exact) mass is 219 g/mol. The molecular weight excluding hydrogens is 206 g/mol. The van der Waals surface area contributed by atoms with E-state index < -0.39 is 5.54 Å². The van der Waals surface area contributed by atoms with E-state index in [0.29, 0.717) is 6.61 Å². The number of nitrogens with one attached hydrogen (secondary N) is 1. The SMILES string of the molecule is CC1OC(=O)C2(c3ccccc3)NOCC12. The van der Waals surface area contributed by atoms with Crippen LogP contribution >= 0.6 is 0 Å². The maximum atomic E-state index is 12.0. The molecule has 2 aliphatic heterocycles. The first-order valence-electron chi connectivity index (χ1n) is 5.41.